The normalized spacial score (nSPS) is 21.8. The molecule has 0 bridgehead atoms. The fourth-order valence-corrected chi connectivity index (χ4v) is 5.45. The van der Waals surface area contributed by atoms with Crippen LogP contribution in [0.4, 0.5) is 21.0 Å². The highest BCUT2D eigenvalue weighted by atomic mass is 32.2. The number of amides is 2. The monoisotopic (exact) mass is 604 g/mol. The van der Waals surface area contributed by atoms with E-state index in [9.17, 15) is 34.6 Å². The molecular weight excluding hydrogens is 576 g/mol. The number of alkyl carbamates (subject to hydrolysis) is 1. The molecule has 2 saturated heterocycles. The van der Waals surface area contributed by atoms with E-state index in [2.05, 4.69) is 5.32 Å². The molecule has 224 valence electrons. The van der Waals surface area contributed by atoms with Gasteiger partial charge in [0, 0.05) is 43.0 Å². The van der Waals surface area contributed by atoms with Crippen LogP contribution < -0.4 is 5.32 Å². The number of rotatable bonds is 9. The fraction of sp³-hybridized carbons (Fsp3) is 0.423. The average molecular weight is 605 g/mol. The van der Waals surface area contributed by atoms with E-state index < -0.39 is 40.4 Å². The molecular formula is C26H28N4O11S. The maximum atomic E-state index is 13.0. The van der Waals surface area contributed by atoms with Crippen LogP contribution in [0, 0.1) is 20.2 Å². The fourth-order valence-electron chi connectivity index (χ4n) is 4.45. The summed E-state index contributed by atoms with van der Waals surface area (Å²) in [6.45, 7) is 1.63. The van der Waals surface area contributed by atoms with Gasteiger partial charge in [-0.2, -0.15) is 0 Å². The Kier molecular flexibility index (Phi) is 10.3. The highest BCUT2D eigenvalue weighted by Gasteiger charge is 2.44. The van der Waals surface area contributed by atoms with E-state index in [4.69, 9.17) is 18.9 Å². The van der Waals surface area contributed by atoms with Crippen molar-refractivity contribution in [3.8, 4) is 0 Å². The molecule has 0 unspecified atom stereocenters. The zero-order valence-corrected chi connectivity index (χ0v) is 23.2. The van der Waals surface area contributed by atoms with Gasteiger partial charge in [0.2, 0.25) is 0 Å². The van der Waals surface area contributed by atoms with Crippen molar-refractivity contribution >= 4 is 40.4 Å². The van der Waals surface area contributed by atoms with Gasteiger partial charge in [0.1, 0.15) is 13.2 Å². The maximum absolute atomic E-state index is 13.0. The lowest BCUT2D eigenvalue weighted by Crippen LogP contribution is -2.53. The van der Waals surface area contributed by atoms with Crippen LogP contribution in [-0.4, -0.2) is 75.4 Å². The number of nitro groups is 2. The first-order valence-electron chi connectivity index (χ1n) is 12.8. The number of non-ortho nitro benzene ring substituents is 2. The average Bonchev–Trinajstić information content (AvgIpc) is 3.38. The van der Waals surface area contributed by atoms with Crippen molar-refractivity contribution in [1.82, 2.24) is 10.2 Å². The highest BCUT2D eigenvalue weighted by Crippen LogP contribution is 2.32. The number of thioether (sulfide) groups is 1. The quantitative estimate of drug-likeness (QED) is 0.324. The minimum Gasteiger partial charge on any atom is -0.445 e. The smallest absolute Gasteiger partial charge is 0.410 e. The molecule has 2 aromatic rings. The number of nitrogens with one attached hydrogen (secondary N) is 1. The summed E-state index contributed by atoms with van der Waals surface area (Å²) in [7, 11) is 0. The number of hydrogen-bond donors (Lipinski definition) is 1. The molecule has 0 aromatic heterocycles. The van der Waals surface area contributed by atoms with Gasteiger partial charge in [-0.15, -0.1) is 0 Å². The first-order valence-corrected chi connectivity index (χ1v) is 13.7. The second kappa shape index (κ2) is 14.1. The summed E-state index contributed by atoms with van der Waals surface area (Å²) in [6.07, 6.45) is -1.79. The zero-order valence-electron chi connectivity index (χ0n) is 22.4. The SMILES string of the molecule is CC(=O)S[C@H]1C[C@@H](C2OCC(NC(=O)OCc3ccc([N+](=O)[O-])cc3)CO2)N(C(=O)OCc2ccc([N+](=O)[O-])cc2)C1. The molecule has 4 rings (SSSR count). The third kappa shape index (κ3) is 8.37. The predicted octanol–water partition coefficient (Wildman–Crippen LogP) is 3.53. The van der Waals surface area contributed by atoms with Crippen molar-refractivity contribution in [3.63, 3.8) is 0 Å². The van der Waals surface area contributed by atoms with Gasteiger partial charge in [0.05, 0.1) is 35.1 Å². The van der Waals surface area contributed by atoms with Gasteiger partial charge in [0.15, 0.2) is 11.4 Å². The Bertz CT molecular complexity index is 1300. The summed E-state index contributed by atoms with van der Waals surface area (Å²) < 4.78 is 22.3. The second-order valence-electron chi connectivity index (χ2n) is 9.54. The Morgan fingerprint density at radius 2 is 1.45 bits per heavy atom. The van der Waals surface area contributed by atoms with Gasteiger partial charge in [-0.3, -0.25) is 29.9 Å². The van der Waals surface area contributed by atoms with Crippen LogP contribution in [0.15, 0.2) is 48.5 Å². The maximum Gasteiger partial charge on any atom is 0.410 e. The first kappa shape index (κ1) is 30.7. The minimum atomic E-state index is -0.830. The lowest BCUT2D eigenvalue weighted by molar-refractivity contribution is -0.385. The van der Waals surface area contributed by atoms with Crippen molar-refractivity contribution in [2.24, 2.45) is 0 Å². The molecule has 42 heavy (non-hydrogen) atoms. The topological polar surface area (TPSA) is 190 Å². The Morgan fingerprint density at radius 3 is 1.95 bits per heavy atom. The summed E-state index contributed by atoms with van der Waals surface area (Å²) in [5.41, 5.74) is 0.996. The van der Waals surface area contributed by atoms with Crippen molar-refractivity contribution in [3.05, 3.63) is 79.9 Å². The number of carbonyl (C=O) groups is 3. The van der Waals surface area contributed by atoms with Gasteiger partial charge in [-0.1, -0.05) is 11.8 Å². The highest BCUT2D eigenvalue weighted by molar-refractivity contribution is 8.14. The predicted molar refractivity (Wildman–Crippen MR) is 146 cm³/mol. The molecule has 0 saturated carbocycles. The number of nitrogens with zero attached hydrogens (tertiary/aromatic N) is 3. The Morgan fingerprint density at radius 1 is 0.929 bits per heavy atom. The van der Waals surface area contributed by atoms with E-state index in [-0.39, 0.29) is 54.7 Å². The number of nitro benzene ring substituents is 2. The molecule has 2 amide bonds. The molecule has 0 aliphatic carbocycles. The van der Waals surface area contributed by atoms with Crippen molar-refractivity contribution in [2.75, 3.05) is 19.8 Å². The standard InChI is InChI=1S/C26H28N4O11S/c1-16(31)42-22-10-23(28(11-22)26(33)41-13-18-4-8-21(9-5-18)30(36)37)24-38-14-19(15-39-24)27-25(32)40-12-17-2-6-20(7-3-17)29(34)35/h2-9,19,22-24H,10-15H2,1H3,(H,27,32)/t19?,22-,23-,24?/m0/s1. The van der Waals surface area contributed by atoms with Crippen molar-refractivity contribution in [2.45, 2.75) is 50.2 Å². The Balaban J connectivity index is 1.27. The van der Waals surface area contributed by atoms with E-state index in [0.29, 0.717) is 17.5 Å². The van der Waals surface area contributed by atoms with Crippen LogP contribution in [0.1, 0.15) is 24.5 Å². The van der Waals surface area contributed by atoms with Gasteiger partial charge < -0.3 is 24.3 Å². The number of benzene rings is 2. The first-order chi connectivity index (χ1) is 20.1. The lowest BCUT2D eigenvalue weighted by atomic mass is 10.2. The van der Waals surface area contributed by atoms with E-state index in [1.54, 1.807) is 0 Å². The third-order valence-corrected chi connectivity index (χ3v) is 7.47. The van der Waals surface area contributed by atoms with E-state index in [1.807, 2.05) is 0 Å². The van der Waals surface area contributed by atoms with Gasteiger partial charge in [-0.25, -0.2) is 9.59 Å². The number of carbonyl (C=O) groups excluding carboxylic acids is 3. The molecule has 2 aromatic carbocycles. The third-order valence-electron chi connectivity index (χ3n) is 6.46. The van der Waals surface area contributed by atoms with E-state index in [0.717, 1.165) is 11.8 Å². The molecule has 0 radical (unpaired) electrons. The number of likely N-dealkylation sites (tertiary alicyclic amines) is 1. The molecule has 0 spiro atoms. The van der Waals surface area contributed by atoms with Crippen LogP contribution in [0.5, 0.6) is 0 Å². The molecule has 2 fully saturated rings. The van der Waals surface area contributed by atoms with Crippen LogP contribution in [0.2, 0.25) is 0 Å². The molecule has 2 heterocycles. The zero-order chi connectivity index (χ0) is 30.2. The number of hydrogen-bond acceptors (Lipinski definition) is 12. The van der Waals surface area contributed by atoms with E-state index >= 15 is 0 Å². The summed E-state index contributed by atoms with van der Waals surface area (Å²) in [4.78, 5) is 59.0. The molecule has 2 atom stereocenters. The van der Waals surface area contributed by atoms with E-state index in [1.165, 1.54) is 60.4 Å². The van der Waals surface area contributed by atoms with Gasteiger partial charge in [-0.05, 0) is 41.8 Å². The van der Waals surface area contributed by atoms with Crippen molar-refractivity contribution in [1.29, 1.82) is 0 Å². The Labute approximate surface area is 243 Å². The molecule has 1 N–H and O–H groups in total. The molecule has 2 aliphatic rings. The van der Waals surface area contributed by atoms with Crippen LogP contribution in [0.25, 0.3) is 0 Å². The van der Waals surface area contributed by atoms with Crippen LogP contribution in [0.3, 0.4) is 0 Å². The molecule has 2 aliphatic heterocycles. The van der Waals surface area contributed by atoms with Gasteiger partial charge in [0.25, 0.3) is 11.4 Å². The summed E-state index contributed by atoms with van der Waals surface area (Å²) in [5.74, 6) is 0. The summed E-state index contributed by atoms with van der Waals surface area (Å²) in [6, 6.07) is 10.2. The second-order valence-corrected chi connectivity index (χ2v) is 11.0. The lowest BCUT2D eigenvalue weighted by Gasteiger charge is -2.35. The summed E-state index contributed by atoms with van der Waals surface area (Å²) >= 11 is 1.11. The Hall–Kier alpha value is -4.28. The van der Waals surface area contributed by atoms with Crippen LogP contribution >= 0.6 is 11.8 Å². The largest absolute Gasteiger partial charge is 0.445 e. The summed E-state index contributed by atoms with van der Waals surface area (Å²) in [5, 5.41) is 23.9. The molecule has 15 nitrogen and oxygen atoms in total. The number of ether oxygens (including phenoxy) is 4. The van der Waals surface area contributed by atoms with Crippen LogP contribution in [-0.2, 0) is 37.0 Å². The molecule has 16 heteroatoms. The minimum absolute atomic E-state index is 0.0703. The van der Waals surface area contributed by atoms with Gasteiger partial charge >= 0.3 is 12.2 Å². The van der Waals surface area contributed by atoms with Crippen molar-refractivity contribution < 1.29 is 43.2 Å².